The van der Waals surface area contributed by atoms with Gasteiger partial charge in [0.25, 0.3) is 0 Å². The number of aliphatic hydroxyl groups is 2. The summed E-state index contributed by atoms with van der Waals surface area (Å²) < 4.78 is 13.3. The van der Waals surface area contributed by atoms with Gasteiger partial charge in [0.05, 0.1) is 11.7 Å². The van der Waals surface area contributed by atoms with Crippen molar-refractivity contribution in [2.45, 2.75) is 18.6 Å². The van der Waals surface area contributed by atoms with E-state index in [-0.39, 0.29) is 11.1 Å². The van der Waals surface area contributed by atoms with E-state index < -0.39 is 18.0 Å². The average Bonchev–Trinajstić information content (AvgIpc) is 2.34. The van der Waals surface area contributed by atoms with Gasteiger partial charge in [-0.05, 0) is 37.7 Å². The molecule has 0 aliphatic rings. The van der Waals surface area contributed by atoms with E-state index in [1.165, 1.54) is 12.1 Å². The van der Waals surface area contributed by atoms with E-state index in [2.05, 4.69) is 5.32 Å². The first-order valence-corrected chi connectivity index (χ1v) is 5.30. The first-order chi connectivity index (χ1) is 8.10. The topological polar surface area (TPSA) is 76.3 Å². The van der Waals surface area contributed by atoms with Crippen molar-refractivity contribution < 1.29 is 14.6 Å². The summed E-state index contributed by atoms with van der Waals surface area (Å²) in [7, 11) is 1.74. The Kier molecular flexibility index (Phi) is 5.04. The van der Waals surface area contributed by atoms with E-state index in [0.29, 0.717) is 13.0 Å². The van der Waals surface area contributed by atoms with E-state index in [9.17, 15) is 14.6 Å². The maximum Gasteiger partial charge on any atom is 0.141 e. The van der Waals surface area contributed by atoms with Crippen molar-refractivity contribution in [1.82, 2.24) is 5.32 Å². The zero-order valence-corrected chi connectivity index (χ0v) is 9.52. The van der Waals surface area contributed by atoms with Crippen LogP contribution >= 0.6 is 0 Å². The Labute approximate surface area is 99.3 Å². The highest BCUT2D eigenvalue weighted by Crippen LogP contribution is 2.21. The lowest BCUT2D eigenvalue weighted by Crippen LogP contribution is -2.23. The number of halogens is 1. The minimum Gasteiger partial charge on any atom is -0.390 e. The van der Waals surface area contributed by atoms with Crippen molar-refractivity contribution >= 4 is 0 Å². The molecule has 0 aliphatic heterocycles. The highest BCUT2D eigenvalue weighted by Gasteiger charge is 2.18. The van der Waals surface area contributed by atoms with Crippen LogP contribution in [0, 0.1) is 17.1 Å². The van der Waals surface area contributed by atoms with Crippen LogP contribution in [0.3, 0.4) is 0 Å². The summed E-state index contributed by atoms with van der Waals surface area (Å²) in [6, 6.07) is 5.50. The molecule has 2 unspecified atom stereocenters. The molecular formula is C12H15FN2O2. The van der Waals surface area contributed by atoms with Crippen molar-refractivity contribution in [3.8, 4) is 6.07 Å². The molecule has 0 radical (unpaired) electrons. The average molecular weight is 238 g/mol. The number of hydrogen-bond donors (Lipinski definition) is 3. The van der Waals surface area contributed by atoms with Crippen LogP contribution in [0.25, 0.3) is 0 Å². The first kappa shape index (κ1) is 13.6. The number of benzene rings is 1. The van der Waals surface area contributed by atoms with Gasteiger partial charge in [-0.3, -0.25) is 0 Å². The van der Waals surface area contributed by atoms with Gasteiger partial charge in [0, 0.05) is 0 Å². The zero-order valence-electron chi connectivity index (χ0n) is 9.52. The van der Waals surface area contributed by atoms with Crippen molar-refractivity contribution in [1.29, 1.82) is 5.26 Å². The molecule has 0 saturated carbocycles. The third-order valence-corrected chi connectivity index (χ3v) is 2.51. The molecule has 0 bridgehead atoms. The molecule has 0 aromatic heterocycles. The molecular weight excluding hydrogens is 223 g/mol. The molecule has 17 heavy (non-hydrogen) atoms. The number of rotatable bonds is 5. The van der Waals surface area contributed by atoms with Crippen LogP contribution in [0.5, 0.6) is 0 Å². The molecule has 3 N–H and O–H groups in total. The molecule has 0 amide bonds. The van der Waals surface area contributed by atoms with Gasteiger partial charge in [-0.1, -0.05) is 6.07 Å². The van der Waals surface area contributed by atoms with Crippen molar-refractivity contribution in [2.24, 2.45) is 0 Å². The number of nitrogens with one attached hydrogen (secondary N) is 1. The molecule has 0 saturated heterocycles. The number of nitriles is 1. The quantitative estimate of drug-likeness (QED) is 0.705. The third kappa shape index (κ3) is 3.49. The van der Waals surface area contributed by atoms with Gasteiger partial charge < -0.3 is 15.5 Å². The molecule has 2 atom stereocenters. The van der Waals surface area contributed by atoms with Crippen molar-refractivity contribution in [2.75, 3.05) is 13.6 Å². The molecule has 0 fully saturated rings. The van der Waals surface area contributed by atoms with Crippen molar-refractivity contribution in [3.05, 3.63) is 35.1 Å². The normalized spacial score (nSPS) is 14.1. The molecule has 1 aromatic carbocycles. The SMILES string of the molecule is CNCCC(O)C(O)c1ccc(C#N)c(F)c1. The predicted octanol–water partition coefficient (Wildman–Crippen LogP) is 0.701. The zero-order chi connectivity index (χ0) is 12.8. The lowest BCUT2D eigenvalue weighted by atomic mass is 10.0. The number of nitrogens with zero attached hydrogens (tertiary/aromatic N) is 1. The van der Waals surface area contributed by atoms with Crippen molar-refractivity contribution in [3.63, 3.8) is 0 Å². The predicted molar refractivity (Wildman–Crippen MR) is 60.6 cm³/mol. The summed E-state index contributed by atoms with van der Waals surface area (Å²) in [6.07, 6.45) is -1.75. The fraction of sp³-hybridized carbons (Fsp3) is 0.417. The lowest BCUT2D eigenvalue weighted by Gasteiger charge is -2.18. The second kappa shape index (κ2) is 6.30. The van der Waals surface area contributed by atoms with Crippen LogP contribution in [0.15, 0.2) is 18.2 Å². The van der Waals surface area contributed by atoms with Crippen LogP contribution in [0.4, 0.5) is 4.39 Å². The summed E-state index contributed by atoms with van der Waals surface area (Å²) >= 11 is 0. The molecule has 0 heterocycles. The summed E-state index contributed by atoms with van der Waals surface area (Å²) in [5, 5.41) is 30.8. The summed E-state index contributed by atoms with van der Waals surface area (Å²) in [5.74, 6) is -0.690. The Morgan fingerprint density at radius 3 is 2.71 bits per heavy atom. The van der Waals surface area contributed by atoms with Crippen LogP contribution in [0.2, 0.25) is 0 Å². The number of aliphatic hydroxyl groups excluding tert-OH is 2. The van der Waals surface area contributed by atoms with Gasteiger partial charge in [-0.2, -0.15) is 5.26 Å². The Bertz CT molecular complexity index is 417. The minimum absolute atomic E-state index is 0.0781. The summed E-state index contributed by atoms with van der Waals surface area (Å²) in [5.41, 5.74) is 0.191. The van der Waals surface area contributed by atoms with Gasteiger partial charge in [-0.15, -0.1) is 0 Å². The molecule has 0 spiro atoms. The molecule has 92 valence electrons. The van der Waals surface area contributed by atoms with Crippen LogP contribution in [-0.2, 0) is 0 Å². The third-order valence-electron chi connectivity index (χ3n) is 2.51. The van der Waals surface area contributed by atoms with E-state index in [1.54, 1.807) is 13.1 Å². The van der Waals surface area contributed by atoms with Crippen LogP contribution < -0.4 is 5.32 Å². The molecule has 4 nitrogen and oxygen atoms in total. The van der Waals surface area contributed by atoms with Gasteiger partial charge >= 0.3 is 0 Å². The fourth-order valence-electron chi connectivity index (χ4n) is 1.48. The molecule has 1 aromatic rings. The molecule has 5 heteroatoms. The fourth-order valence-corrected chi connectivity index (χ4v) is 1.48. The standard InChI is InChI=1S/C12H15FN2O2/c1-15-5-4-11(16)12(17)8-2-3-9(7-14)10(13)6-8/h2-3,6,11-12,15-17H,4-5H2,1H3. The van der Waals surface area contributed by atoms with E-state index in [0.717, 1.165) is 6.07 Å². The minimum atomic E-state index is -1.15. The van der Waals surface area contributed by atoms with Gasteiger partial charge in [0.1, 0.15) is 18.0 Å². The van der Waals surface area contributed by atoms with Gasteiger partial charge in [0.2, 0.25) is 0 Å². The maximum atomic E-state index is 13.3. The highest BCUT2D eigenvalue weighted by atomic mass is 19.1. The second-order valence-electron chi connectivity index (χ2n) is 3.76. The van der Waals surface area contributed by atoms with E-state index in [4.69, 9.17) is 5.26 Å². The first-order valence-electron chi connectivity index (χ1n) is 5.30. The molecule has 0 aliphatic carbocycles. The Morgan fingerprint density at radius 1 is 1.47 bits per heavy atom. The molecule has 1 rings (SSSR count). The monoisotopic (exact) mass is 238 g/mol. The van der Waals surface area contributed by atoms with Gasteiger partial charge in [-0.25, -0.2) is 4.39 Å². The maximum absolute atomic E-state index is 13.3. The van der Waals surface area contributed by atoms with E-state index >= 15 is 0 Å². The smallest absolute Gasteiger partial charge is 0.141 e. The lowest BCUT2D eigenvalue weighted by molar-refractivity contribution is 0.0139. The Morgan fingerprint density at radius 2 is 2.18 bits per heavy atom. The van der Waals surface area contributed by atoms with E-state index in [1.807, 2.05) is 0 Å². The Hall–Kier alpha value is -1.48. The largest absolute Gasteiger partial charge is 0.390 e. The second-order valence-corrected chi connectivity index (χ2v) is 3.76. The van der Waals surface area contributed by atoms with Crippen LogP contribution in [0.1, 0.15) is 23.7 Å². The Balaban J connectivity index is 2.79. The van der Waals surface area contributed by atoms with Gasteiger partial charge in [0.15, 0.2) is 0 Å². The number of hydrogen-bond acceptors (Lipinski definition) is 4. The highest BCUT2D eigenvalue weighted by molar-refractivity contribution is 5.34. The summed E-state index contributed by atoms with van der Waals surface area (Å²) in [6.45, 7) is 0.553. The summed E-state index contributed by atoms with van der Waals surface area (Å²) in [4.78, 5) is 0. The van der Waals surface area contributed by atoms with Crippen LogP contribution in [-0.4, -0.2) is 29.9 Å².